The molecular formula is C24H19N9O2. The largest absolute Gasteiger partial charge is 0.481 e. The van der Waals surface area contributed by atoms with Gasteiger partial charge in [0.15, 0.2) is 17.3 Å². The number of nitrogens with two attached hydrogens (primary N) is 1. The van der Waals surface area contributed by atoms with Gasteiger partial charge in [0.05, 0.1) is 30.9 Å². The highest BCUT2D eigenvalue weighted by Gasteiger charge is 2.23. The first-order valence-corrected chi connectivity index (χ1v) is 10.6. The van der Waals surface area contributed by atoms with E-state index in [1.807, 2.05) is 12.1 Å². The van der Waals surface area contributed by atoms with Crippen LogP contribution in [0.4, 0.5) is 5.82 Å². The third-order valence-corrected chi connectivity index (χ3v) is 5.38. The second kappa shape index (κ2) is 8.68. The zero-order valence-electron chi connectivity index (χ0n) is 18.9. The Balaban J connectivity index is 1.77. The maximum absolute atomic E-state index is 12.0. The number of anilines is 1. The summed E-state index contributed by atoms with van der Waals surface area (Å²) >= 11 is 0. The number of hydrogen-bond acceptors (Lipinski definition) is 9. The van der Waals surface area contributed by atoms with Crippen LogP contribution in [-0.2, 0) is 13.5 Å². The summed E-state index contributed by atoms with van der Waals surface area (Å²) in [4.78, 5) is 25.6. The van der Waals surface area contributed by atoms with Crippen molar-refractivity contribution in [3.05, 3.63) is 82.0 Å². The summed E-state index contributed by atoms with van der Waals surface area (Å²) in [6.45, 7) is 0. The van der Waals surface area contributed by atoms with E-state index in [0.717, 1.165) is 0 Å². The van der Waals surface area contributed by atoms with Crippen molar-refractivity contribution >= 4 is 11.5 Å². The Morgan fingerprint density at radius 1 is 1.03 bits per heavy atom. The molecule has 0 atom stereocenters. The number of hydrogen-bond donors (Lipinski definition) is 1. The minimum Gasteiger partial charge on any atom is -0.481 e. The lowest BCUT2D eigenvalue weighted by molar-refractivity contribution is 0.396. The first-order chi connectivity index (χ1) is 17.0. The van der Waals surface area contributed by atoms with Gasteiger partial charge < -0.3 is 10.5 Å². The molecule has 4 aromatic heterocycles. The van der Waals surface area contributed by atoms with Crippen LogP contribution >= 0.6 is 0 Å². The third kappa shape index (κ3) is 3.93. The molecule has 0 aliphatic heterocycles. The van der Waals surface area contributed by atoms with Crippen LogP contribution < -0.4 is 16.0 Å². The maximum atomic E-state index is 12.0. The highest BCUT2D eigenvalue weighted by molar-refractivity contribution is 5.83. The van der Waals surface area contributed by atoms with Gasteiger partial charge >= 0.3 is 0 Å². The van der Waals surface area contributed by atoms with Crippen LogP contribution in [0.25, 0.3) is 28.3 Å². The molecule has 0 aliphatic rings. The van der Waals surface area contributed by atoms with E-state index >= 15 is 0 Å². The average molecular weight is 465 g/mol. The molecule has 4 heterocycles. The van der Waals surface area contributed by atoms with E-state index in [1.165, 1.54) is 10.7 Å². The summed E-state index contributed by atoms with van der Waals surface area (Å²) in [5.74, 6) is 1.08. The second-order valence-corrected chi connectivity index (χ2v) is 7.64. The monoisotopic (exact) mass is 465 g/mol. The van der Waals surface area contributed by atoms with Gasteiger partial charge in [-0.05, 0) is 18.2 Å². The van der Waals surface area contributed by atoms with Gasteiger partial charge in [0.25, 0.3) is 5.56 Å². The molecule has 0 saturated carbocycles. The SMILES string of the molecule is COc1cccc(Cc2nc3c(N)nc(-c4ccccc4C#N)c(-c4ccc(=O)n(C)n4)n3n2)n1. The van der Waals surface area contributed by atoms with Crippen molar-refractivity contribution in [2.45, 2.75) is 6.42 Å². The zero-order chi connectivity index (χ0) is 24.5. The molecule has 0 amide bonds. The molecule has 172 valence electrons. The molecule has 0 radical (unpaired) electrons. The molecule has 0 saturated heterocycles. The quantitative estimate of drug-likeness (QED) is 0.411. The fraction of sp³-hybridized carbons (Fsp3) is 0.125. The number of aromatic nitrogens is 7. The highest BCUT2D eigenvalue weighted by atomic mass is 16.5. The predicted molar refractivity (Wildman–Crippen MR) is 127 cm³/mol. The van der Waals surface area contributed by atoms with E-state index < -0.39 is 0 Å². The lowest BCUT2D eigenvalue weighted by Gasteiger charge is -2.13. The van der Waals surface area contributed by atoms with E-state index in [0.29, 0.717) is 57.7 Å². The summed E-state index contributed by atoms with van der Waals surface area (Å²) in [7, 11) is 3.10. The topological polar surface area (TPSA) is 150 Å². The van der Waals surface area contributed by atoms with Gasteiger partial charge in [-0.15, -0.1) is 0 Å². The molecule has 2 N–H and O–H groups in total. The average Bonchev–Trinajstić information content (AvgIpc) is 3.29. The Morgan fingerprint density at radius 2 is 1.86 bits per heavy atom. The summed E-state index contributed by atoms with van der Waals surface area (Å²) < 4.78 is 7.97. The Hall–Kier alpha value is -5.11. The van der Waals surface area contributed by atoms with Crippen LogP contribution in [0.3, 0.4) is 0 Å². The first kappa shape index (κ1) is 21.7. The summed E-state index contributed by atoms with van der Waals surface area (Å²) in [5, 5.41) is 18.8. The number of fused-ring (bicyclic) bond motifs is 1. The van der Waals surface area contributed by atoms with Crippen molar-refractivity contribution in [1.29, 1.82) is 5.26 Å². The van der Waals surface area contributed by atoms with Crippen LogP contribution in [0.2, 0.25) is 0 Å². The van der Waals surface area contributed by atoms with E-state index in [4.69, 9.17) is 10.5 Å². The Morgan fingerprint density at radius 3 is 2.63 bits per heavy atom. The Bertz CT molecular complexity index is 1680. The lowest BCUT2D eigenvalue weighted by atomic mass is 10.0. The second-order valence-electron chi connectivity index (χ2n) is 7.64. The molecule has 11 nitrogen and oxygen atoms in total. The minimum atomic E-state index is -0.268. The molecule has 5 aromatic rings. The van der Waals surface area contributed by atoms with Gasteiger partial charge in [0.2, 0.25) is 5.88 Å². The van der Waals surface area contributed by atoms with Crippen molar-refractivity contribution < 1.29 is 4.74 Å². The van der Waals surface area contributed by atoms with E-state index in [2.05, 4.69) is 31.2 Å². The number of pyridine rings is 1. The van der Waals surface area contributed by atoms with Crippen LogP contribution in [-0.4, -0.2) is 41.5 Å². The van der Waals surface area contributed by atoms with Crippen molar-refractivity contribution in [2.24, 2.45) is 7.05 Å². The molecule has 0 bridgehead atoms. The lowest BCUT2D eigenvalue weighted by Crippen LogP contribution is -2.19. The molecule has 5 rings (SSSR count). The number of rotatable bonds is 5. The number of nitriles is 1. The predicted octanol–water partition coefficient (Wildman–Crippen LogP) is 2.00. The zero-order valence-corrected chi connectivity index (χ0v) is 18.9. The molecule has 11 heteroatoms. The van der Waals surface area contributed by atoms with Crippen molar-refractivity contribution in [1.82, 2.24) is 34.3 Å². The van der Waals surface area contributed by atoms with Crippen LogP contribution in [0.1, 0.15) is 17.1 Å². The number of nitrogen functional groups attached to an aromatic ring is 1. The van der Waals surface area contributed by atoms with Crippen LogP contribution in [0.5, 0.6) is 5.88 Å². The minimum absolute atomic E-state index is 0.138. The normalized spacial score (nSPS) is 10.9. The highest BCUT2D eigenvalue weighted by Crippen LogP contribution is 2.33. The molecular weight excluding hydrogens is 446 g/mol. The van der Waals surface area contributed by atoms with E-state index in [-0.39, 0.29) is 11.4 Å². The Kier molecular flexibility index (Phi) is 5.39. The molecule has 0 aliphatic carbocycles. The number of ether oxygens (including phenoxy) is 1. The standard InChI is InChI=1S/C24H19N9O2/c1-32-20(34)11-10-17(30-32)22-21(16-8-4-3-6-14(16)13-25)29-23(26)24-28-18(31-33(22)24)12-15-7-5-9-19(27-15)35-2/h3-11H,12H2,1-2H3,(H2,26,29). The molecule has 35 heavy (non-hydrogen) atoms. The number of benzene rings is 1. The van der Waals surface area contributed by atoms with E-state index in [1.54, 1.807) is 55.1 Å². The first-order valence-electron chi connectivity index (χ1n) is 10.6. The van der Waals surface area contributed by atoms with Crippen molar-refractivity contribution in [3.8, 4) is 34.6 Å². The van der Waals surface area contributed by atoms with Gasteiger partial charge in [0, 0.05) is 24.7 Å². The molecule has 0 fully saturated rings. The third-order valence-electron chi connectivity index (χ3n) is 5.38. The smallest absolute Gasteiger partial charge is 0.266 e. The van der Waals surface area contributed by atoms with Crippen LogP contribution in [0.15, 0.2) is 59.4 Å². The van der Waals surface area contributed by atoms with Gasteiger partial charge in [0.1, 0.15) is 17.1 Å². The number of nitrogens with zero attached hydrogens (tertiary/aromatic N) is 8. The van der Waals surface area contributed by atoms with Gasteiger partial charge in [-0.2, -0.15) is 15.5 Å². The summed E-state index contributed by atoms with van der Waals surface area (Å²) in [6.07, 6.45) is 0.322. The molecule has 0 spiro atoms. The van der Waals surface area contributed by atoms with Crippen molar-refractivity contribution in [2.75, 3.05) is 12.8 Å². The Labute approximate surface area is 199 Å². The van der Waals surface area contributed by atoms with Gasteiger partial charge in [-0.1, -0.05) is 24.3 Å². The van der Waals surface area contributed by atoms with Gasteiger partial charge in [-0.3, -0.25) is 4.79 Å². The number of aryl methyl sites for hydroxylation is 1. The maximum Gasteiger partial charge on any atom is 0.266 e. The summed E-state index contributed by atoms with van der Waals surface area (Å²) in [5.41, 5.74) is 9.31. The van der Waals surface area contributed by atoms with Crippen LogP contribution in [0, 0.1) is 11.3 Å². The summed E-state index contributed by atoms with van der Waals surface area (Å²) in [6, 6.07) is 17.6. The fourth-order valence-electron chi connectivity index (χ4n) is 3.74. The van der Waals surface area contributed by atoms with Gasteiger partial charge in [-0.25, -0.2) is 24.1 Å². The number of methoxy groups -OCH3 is 1. The van der Waals surface area contributed by atoms with Crippen molar-refractivity contribution in [3.63, 3.8) is 0 Å². The fourth-order valence-corrected chi connectivity index (χ4v) is 3.74. The van der Waals surface area contributed by atoms with E-state index in [9.17, 15) is 10.1 Å². The molecule has 0 unspecified atom stereocenters. The molecule has 1 aromatic carbocycles.